The summed E-state index contributed by atoms with van der Waals surface area (Å²) < 4.78 is 10.5. The highest BCUT2D eigenvalue weighted by Gasteiger charge is 2.16. The zero-order chi connectivity index (χ0) is 9.42. The van der Waals surface area contributed by atoms with Gasteiger partial charge in [0.05, 0.1) is 5.37 Å². The fourth-order valence-electron chi connectivity index (χ4n) is 1.38. The number of fused-ring (bicyclic) bond motifs is 1. The Labute approximate surface area is 82.2 Å². The van der Waals surface area contributed by atoms with E-state index in [-0.39, 0.29) is 5.37 Å². The van der Waals surface area contributed by atoms with Crippen LogP contribution in [0, 0.1) is 6.92 Å². The summed E-state index contributed by atoms with van der Waals surface area (Å²) >= 11 is 4.18. The van der Waals surface area contributed by atoms with Gasteiger partial charge in [0.25, 0.3) is 0 Å². The number of ether oxygens (including phenoxy) is 2. The Hall–Kier alpha value is -0.870. The molecule has 3 nitrogen and oxygen atoms in total. The lowest BCUT2D eigenvalue weighted by Crippen LogP contribution is -2.04. The molecule has 2 rings (SSSR count). The van der Waals surface area contributed by atoms with Crippen molar-refractivity contribution in [1.82, 2.24) is 0 Å². The molecule has 13 heavy (non-hydrogen) atoms. The van der Waals surface area contributed by atoms with Crippen molar-refractivity contribution >= 4 is 12.6 Å². The van der Waals surface area contributed by atoms with Crippen LogP contribution in [0.5, 0.6) is 11.5 Å². The minimum absolute atomic E-state index is 0.269. The van der Waals surface area contributed by atoms with Gasteiger partial charge < -0.3 is 15.2 Å². The number of hydrogen-bond donors (Lipinski definition) is 2. The quantitative estimate of drug-likeness (QED) is 0.531. The lowest BCUT2D eigenvalue weighted by Gasteiger charge is -2.09. The first kappa shape index (κ1) is 8.72. The van der Waals surface area contributed by atoms with Crippen molar-refractivity contribution in [2.24, 2.45) is 5.73 Å². The van der Waals surface area contributed by atoms with Crippen LogP contribution in [0.3, 0.4) is 0 Å². The molecule has 2 N–H and O–H groups in total. The van der Waals surface area contributed by atoms with Gasteiger partial charge in [-0.2, -0.15) is 12.6 Å². The molecule has 0 saturated heterocycles. The summed E-state index contributed by atoms with van der Waals surface area (Å²) in [4.78, 5) is 0. The summed E-state index contributed by atoms with van der Waals surface area (Å²) in [6.45, 7) is 2.27. The van der Waals surface area contributed by atoms with Gasteiger partial charge in [-0.1, -0.05) is 0 Å². The van der Waals surface area contributed by atoms with Crippen LogP contribution in [0.4, 0.5) is 0 Å². The Morgan fingerprint density at radius 1 is 1.38 bits per heavy atom. The number of benzene rings is 1. The summed E-state index contributed by atoms with van der Waals surface area (Å²) in [6, 6.07) is 3.81. The van der Waals surface area contributed by atoms with E-state index in [4.69, 9.17) is 15.2 Å². The molecular formula is C9H11NO2S. The van der Waals surface area contributed by atoms with E-state index in [1.807, 2.05) is 19.1 Å². The summed E-state index contributed by atoms with van der Waals surface area (Å²) in [7, 11) is 0. The molecule has 0 bridgehead atoms. The number of rotatable bonds is 1. The third-order valence-electron chi connectivity index (χ3n) is 2.08. The Balaban J connectivity index is 2.49. The average Bonchev–Trinajstić information content (AvgIpc) is 2.48. The van der Waals surface area contributed by atoms with Crippen LogP contribution in [-0.2, 0) is 0 Å². The monoisotopic (exact) mass is 197 g/mol. The normalized spacial score (nSPS) is 15.9. The summed E-state index contributed by atoms with van der Waals surface area (Å²) in [5.41, 5.74) is 7.73. The maximum atomic E-state index is 5.68. The second-order valence-electron chi connectivity index (χ2n) is 3.01. The first-order valence-electron chi connectivity index (χ1n) is 4.02. The highest BCUT2D eigenvalue weighted by molar-refractivity contribution is 7.80. The lowest BCUT2D eigenvalue weighted by molar-refractivity contribution is 0.174. The molecule has 1 aromatic rings. The van der Waals surface area contributed by atoms with Gasteiger partial charge in [0.2, 0.25) is 6.79 Å². The lowest BCUT2D eigenvalue weighted by atomic mass is 10.1. The van der Waals surface area contributed by atoms with Gasteiger partial charge in [-0.3, -0.25) is 0 Å². The van der Waals surface area contributed by atoms with Crippen LogP contribution in [-0.4, -0.2) is 6.79 Å². The number of thiol groups is 1. The van der Waals surface area contributed by atoms with Gasteiger partial charge >= 0.3 is 0 Å². The van der Waals surface area contributed by atoms with Gasteiger partial charge in [-0.25, -0.2) is 0 Å². The van der Waals surface area contributed by atoms with Gasteiger partial charge in [0.1, 0.15) is 0 Å². The highest BCUT2D eigenvalue weighted by atomic mass is 32.1. The largest absolute Gasteiger partial charge is 0.454 e. The van der Waals surface area contributed by atoms with Crippen molar-refractivity contribution in [2.75, 3.05) is 6.79 Å². The topological polar surface area (TPSA) is 44.5 Å². The smallest absolute Gasteiger partial charge is 0.231 e. The van der Waals surface area contributed by atoms with Gasteiger partial charge in [0, 0.05) is 0 Å². The first-order chi connectivity index (χ1) is 6.18. The molecule has 1 aliphatic rings. The molecule has 0 saturated carbocycles. The molecule has 1 heterocycles. The minimum Gasteiger partial charge on any atom is -0.454 e. The first-order valence-corrected chi connectivity index (χ1v) is 4.54. The van der Waals surface area contributed by atoms with Crippen LogP contribution in [0.25, 0.3) is 0 Å². The number of hydrogen-bond acceptors (Lipinski definition) is 4. The second-order valence-corrected chi connectivity index (χ2v) is 3.56. The third-order valence-corrected chi connectivity index (χ3v) is 2.36. The van der Waals surface area contributed by atoms with Crippen LogP contribution >= 0.6 is 12.6 Å². The van der Waals surface area contributed by atoms with Gasteiger partial charge in [0.15, 0.2) is 11.5 Å². The highest BCUT2D eigenvalue weighted by Crippen LogP contribution is 2.36. The molecule has 1 aliphatic heterocycles. The van der Waals surface area contributed by atoms with Crippen molar-refractivity contribution < 1.29 is 9.47 Å². The van der Waals surface area contributed by atoms with E-state index < -0.39 is 0 Å². The SMILES string of the molecule is Cc1cc2c(cc1C(N)S)OCO2. The zero-order valence-electron chi connectivity index (χ0n) is 7.28. The van der Waals surface area contributed by atoms with Crippen molar-refractivity contribution in [3.05, 3.63) is 23.3 Å². The second kappa shape index (κ2) is 3.12. The van der Waals surface area contributed by atoms with E-state index >= 15 is 0 Å². The zero-order valence-corrected chi connectivity index (χ0v) is 8.17. The van der Waals surface area contributed by atoms with Gasteiger partial charge in [-0.15, -0.1) is 0 Å². The number of nitrogens with two attached hydrogens (primary N) is 1. The Morgan fingerprint density at radius 2 is 2.00 bits per heavy atom. The van der Waals surface area contributed by atoms with E-state index in [2.05, 4.69) is 12.6 Å². The van der Waals surface area contributed by atoms with Crippen LogP contribution in [0.2, 0.25) is 0 Å². The maximum Gasteiger partial charge on any atom is 0.231 e. The average molecular weight is 197 g/mol. The third kappa shape index (κ3) is 1.47. The predicted molar refractivity (Wildman–Crippen MR) is 53.2 cm³/mol. The summed E-state index contributed by atoms with van der Waals surface area (Å²) in [5, 5.41) is -0.269. The van der Waals surface area contributed by atoms with Crippen LogP contribution in [0.15, 0.2) is 12.1 Å². The molecule has 0 radical (unpaired) electrons. The maximum absolute atomic E-state index is 5.68. The molecule has 1 unspecified atom stereocenters. The predicted octanol–water partition coefficient (Wildman–Crippen LogP) is 1.61. The summed E-state index contributed by atoms with van der Waals surface area (Å²) in [5.74, 6) is 1.54. The molecule has 1 aromatic carbocycles. The minimum atomic E-state index is -0.269. The number of aryl methyl sites for hydroxylation is 1. The Bertz CT molecular complexity index is 339. The van der Waals surface area contributed by atoms with Gasteiger partial charge in [-0.05, 0) is 30.2 Å². The van der Waals surface area contributed by atoms with E-state index in [0.717, 1.165) is 22.6 Å². The molecule has 0 amide bonds. The van der Waals surface area contributed by atoms with Crippen molar-refractivity contribution in [3.63, 3.8) is 0 Å². The fourth-order valence-corrected chi connectivity index (χ4v) is 1.66. The van der Waals surface area contributed by atoms with Crippen molar-refractivity contribution in [2.45, 2.75) is 12.3 Å². The van der Waals surface area contributed by atoms with Crippen LogP contribution in [0.1, 0.15) is 16.5 Å². The van der Waals surface area contributed by atoms with Crippen molar-refractivity contribution in [3.8, 4) is 11.5 Å². The summed E-state index contributed by atoms with van der Waals surface area (Å²) in [6.07, 6.45) is 0. The van der Waals surface area contributed by atoms with E-state index in [1.165, 1.54) is 0 Å². The molecule has 0 aromatic heterocycles. The molecule has 0 fully saturated rings. The standard InChI is InChI=1S/C9H11NO2S/c1-5-2-7-8(12-4-11-7)3-6(5)9(10)13/h2-3,9,13H,4,10H2,1H3. The molecular weight excluding hydrogens is 186 g/mol. The molecule has 1 atom stereocenters. The van der Waals surface area contributed by atoms with Crippen LogP contribution < -0.4 is 15.2 Å². The molecule has 70 valence electrons. The molecule has 0 aliphatic carbocycles. The Morgan fingerprint density at radius 3 is 2.62 bits per heavy atom. The Kier molecular flexibility index (Phi) is 2.09. The van der Waals surface area contributed by atoms with E-state index in [0.29, 0.717) is 6.79 Å². The van der Waals surface area contributed by atoms with Crippen molar-refractivity contribution in [1.29, 1.82) is 0 Å². The fraction of sp³-hybridized carbons (Fsp3) is 0.333. The molecule has 0 spiro atoms. The van der Waals surface area contributed by atoms with E-state index in [1.54, 1.807) is 0 Å². The molecule has 4 heteroatoms. The van der Waals surface area contributed by atoms with E-state index in [9.17, 15) is 0 Å².